The quantitative estimate of drug-likeness (QED) is 0.896. The summed E-state index contributed by atoms with van der Waals surface area (Å²) in [5.74, 6) is 1.26. The number of rotatable bonds is 5. The fraction of sp³-hybridized carbons (Fsp3) is 0.357. The van der Waals surface area contributed by atoms with Gasteiger partial charge in [0, 0.05) is 18.8 Å². The minimum atomic E-state index is -0.527. The minimum Gasteiger partial charge on any atom is -0.493 e. The average molecular weight is 262 g/mol. The predicted molar refractivity (Wildman–Crippen MR) is 71.2 cm³/mol. The van der Waals surface area contributed by atoms with E-state index < -0.39 is 6.10 Å². The first-order chi connectivity index (χ1) is 9.10. The minimum absolute atomic E-state index is 0.429. The van der Waals surface area contributed by atoms with E-state index >= 15 is 0 Å². The molecule has 0 bridgehead atoms. The van der Waals surface area contributed by atoms with Crippen LogP contribution >= 0.6 is 0 Å². The second-order valence-corrected chi connectivity index (χ2v) is 4.40. The van der Waals surface area contributed by atoms with Crippen LogP contribution in [-0.2, 0) is 13.7 Å². The number of aliphatic hydroxyl groups is 1. The Hall–Kier alpha value is -2.01. The van der Waals surface area contributed by atoms with Crippen molar-refractivity contribution in [1.82, 2.24) is 9.78 Å². The molecule has 2 aromatic rings. The number of methoxy groups -OCH3 is 1. The zero-order chi connectivity index (χ0) is 13.8. The summed E-state index contributed by atoms with van der Waals surface area (Å²) in [5, 5.41) is 13.6. The van der Waals surface area contributed by atoms with E-state index in [0.717, 1.165) is 11.1 Å². The van der Waals surface area contributed by atoms with Crippen molar-refractivity contribution in [3.05, 3.63) is 41.7 Å². The number of aliphatic hydroxyl groups excluding tert-OH is 1. The Morgan fingerprint density at radius 2 is 2.16 bits per heavy atom. The SMILES string of the molecule is COc1cc([C@@H](C)O)ccc1OCc1cnn(C)c1. The second-order valence-electron chi connectivity index (χ2n) is 4.40. The average Bonchev–Trinajstić information content (AvgIpc) is 2.81. The number of aryl methyl sites for hydroxylation is 1. The highest BCUT2D eigenvalue weighted by Crippen LogP contribution is 2.30. The van der Waals surface area contributed by atoms with Crippen molar-refractivity contribution < 1.29 is 14.6 Å². The van der Waals surface area contributed by atoms with E-state index in [1.807, 2.05) is 19.3 Å². The summed E-state index contributed by atoms with van der Waals surface area (Å²) in [5.41, 5.74) is 1.79. The summed E-state index contributed by atoms with van der Waals surface area (Å²) in [6.07, 6.45) is 3.13. The molecule has 0 fully saturated rings. The van der Waals surface area contributed by atoms with Crippen molar-refractivity contribution in [2.45, 2.75) is 19.6 Å². The highest BCUT2D eigenvalue weighted by Gasteiger charge is 2.09. The van der Waals surface area contributed by atoms with Crippen molar-refractivity contribution in [3.8, 4) is 11.5 Å². The Morgan fingerprint density at radius 1 is 1.37 bits per heavy atom. The van der Waals surface area contributed by atoms with Crippen LogP contribution in [-0.4, -0.2) is 22.0 Å². The molecule has 2 rings (SSSR count). The van der Waals surface area contributed by atoms with Crippen molar-refractivity contribution in [1.29, 1.82) is 0 Å². The van der Waals surface area contributed by atoms with Crippen LogP contribution in [0.25, 0.3) is 0 Å². The fourth-order valence-electron chi connectivity index (χ4n) is 1.77. The molecule has 1 atom stereocenters. The van der Waals surface area contributed by atoms with Gasteiger partial charge in [-0.2, -0.15) is 5.10 Å². The first kappa shape index (κ1) is 13.4. The monoisotopic (exact) mass is 262 g/mol. The molecule has 0 unspecified atom stereocenters. The van der Waals surface area contributed by atoms with Gasteiger partial charge in [-0.1, -0.05) is 6.07 Å². The zero-order valence-electron chi connectivity index (χ0n) is 11.3. The smallest absolute Gasteiger partial charge is 0.161 e. The van der Waals surface area contributed by atoms with Crippen molar-refractivity contribution in [2.24, 2.45) is 7.05 Å². The molecule has 1 heterocycles. The van der Waals surface area contributed by atoms with Gasteiger partial charge in [-0.25, -0.2) is 0 Å². The Bertz CT molecular complexity index is 549. The number of ether oxygens (including phenoxy) is 2. The van der Waals surface area contributed by atoms with Crippen molar-refractivity contribution in [3.63, 3.8) is 0 Å². The molecule has 0 spiro atoms. The summed E-state index contributed by atoms with van der Waals surface area (Å²) in [4.78, 5) is 0. The second kappa shape index (κ2) is 5.75. The van der Waals surface area contributed by atoms with Gasteiger partial charge in [0.05, 0.1) is 19.4 Å². The number of hydrogen-bond acceptors (Lipinski definition) is 4. The van der Waals surface area contributed by atoms with E-state index in [0.29, 0.717) is 18.1 Å². The number of benzene rings is 1. The molecule has 19 heavy (non-hydrogen) atoms. The van der Waals surface area contributed by atoms with Gasteiger partial charge in [-0.05, 0) is 24.6 Å². The third-order valence-electron chi connectivity index (χ3n) is 2.82. The summed E-state index contributed by atoms with van der Waals surface area (Å²) >= 11 is 0. The van der Waals surface area contributed by atoms with Gasteiger partial charge < -0.3 is 14.6 Å². The molecule has 1 aromatic heterocycles. The maximum absolute atomic E-state index is 9.54. The molecule has 0 aliphatic carbocycles. The van der Waals surface area contributed by atoms with E-state index in [1.54, 1.807) is 37.0 Å². The van der Waals surface area contributed by atoms with E-state index in [2.05, 4.69) is 5.10 Å². The summed E-state index contributed by atoms with van der Waals surface area (Å²) in [6, 6.07) is 5.41. The lowest BCUT2D eigenvalue weighted by Gasteiger charge is -2.12. The fourth-order valence-corrected chi connectivity index (χ4v) is 1.77. The number of hydrogen-bond donors (Lipinski definition) is 1. The van der Waals surface area contributed by atoms with E-state index in [9.17, 15) is 5.11 Å². The first-order valence-electron chi connectivity index (χ1n) is 6.06. The lowest BCUT2D eigenvalue weighted by molar-refractivity contribution is 0.198. The highest BCUT2D eigenvalue weighted by molar-refractivity contribution is 5.43. The van der Waals surface area contributed by atoms with Gasteiger partial charge >= 0.3 is 0 Å². The molecule has 1 N–H and O–H groups in total. The molecule has 0 aliphatic heterocycles. The Morgan fingerprint density at radius 3 is 2.74 bits per heavy atom. The van der Waals surface area contributed by atoms with Crippen molar-refractivity contribution >= 4 is 0 Å². The van der Waals surface area contributed by atoms with Crippen LogP contribution in [0.2, 0.25) is 0 Å². The van der Waals surface area contributed by atoms with Crippen molar-refractivity contribution in [2.75, 3.05) is 7.11 Å². The van der Waals surface area contributed by atoms with Crippen LogP contribution in [0.1, 0.15) is 24.2 Å². The third kappa shape index (κ3) is 3.26. The lowest BCUT2D eigenvalue weighted by atomic mass is 10.1. The molecule has 1 aromatic carbocycles. The summed E-state index contributed by atoms with van der Waals surface area (Å²) in [6.45, 7) is 2.14. The molecular formula is C14H18N2O3. The highest BCUT2D eigenvalue weighted by atomic mass is 16.5. The maximum atomic E-state index is 9.54. The van der Waals surface area contributed by atoms with Crippen LogP contribution in [0, 0.1) is 0 Å². The molecule has 0 radical (unpaired) electrons. The van der Waals surface area contributed by atoms with Crippen LogP contribution in [0.3, 0.4) is 0 Å². The van der Waals surface area contributed by atoms with Gasteiger partial charge in [0.15, 0.2) is 11.5 Å². The number of nitrogens with zero attached hydrogens (tertiary/aromatic N) is 2. The largest absolute Gasteiger partial charge is 0.493 e. The van der Waals surface area contributed by atoms with Gasteiger partial charge in [0.25, 0.3) is 0 Å². The Labute approximate surface area is 112 Å². The van der Waals surface area contributed by atoms with Gasteiger partial charge in [0.1, 0.15) is 6.61 Å². The standard InChI is InChI=1S/C14H18N2O3/c1-10(17)12-4-5-13(14(6-12)18-3)19-9-11-7-15-16(2)8-11/h4-8,10,17H,9H2,1-3H3/t10-/m1/s1. The number of aromatic nitrogens is 2. The Balaban J connectivity index is 2.11. The van der Waals surface area contributed by atoms with E-state index in [1.165, 1.54) is 0 Å². The normalized spacial score (nSPS) is 12.2. The van der Waals surface area contributed by atoms with Crippen LogP contribution < -0.4 is 9.47 Å². The third-order valence-corrected chi connectivity index (χ3v) is 2.82. The van der Waals surface area contributed by atoms with Gasteiger partial charge in [-0.3, -0.25) is 4.68 Å². The topological polar surface area (TPSA) is 56.5 Å². The van der Waals surface area contributed by atoms with E-state index in [-0.39, 0.29) is 0 Å². The van der Waals surface area contributed by atoms with Crippen LogP contribution in [0.4, 0.5) is 0 Å². The summed E-state index contributed by atoms with van der Waals surface area (Å²) in [7, 11) is 3.44. The molecule has 0 saturated carbocycles. The summed E-state index contributed by atoms with van der Waals surface area (Å²) < 4.78 is 12.7. The predicted octanol–water partition coefficient (Wildman–Crippen LogP) is 2.06. The molecule has 5 heteroatoms. The zero-order valence-corrected chi connectivity index (χ0v) is 11.3. The maximum Gasteiger partial charge on any atom is 0.161 e. The molecule has 0 saturated heterocycles. The molecule has 5 nitrogen and oxygen atoms in total. The van der Waals surface area contributed by atoms with Gasteiger partial charge in [-0.15, -0.1) is 0 Å². The molecule has 0 amide bonds. The van der Waals surface area contributed by atoms with Crippen LogP contribution in [0.5, 0.6) is 11.5 Å². The van der Waals surface area contributed by atoms with Gasteiger partial charge in [0.2, 0.25) is 0 Å². The molecular weight excluding hydrogens is 244 g/mol. The van der Waals surface area contributed by atoms with E-state index in [4.69, 9.17) is 9.47 Å². The molecule has 0 aliphatic rings. The Kier molecular flexibility index (Phi) is 4.06. The lowest BCUT2D eigenvalue weighted by Crippen LogP contribution is -1.99. The molecule has 102 valence electrons. The van der Waals surface area contributed by atoms with Crippen LogP contribution in [0.15, 0.2) is 30.6 Å². The first-order valence-corrected chi connectivity index (χ1v) is 6.06.